The monoisotopic (exact) mass is 475 g/mol. The third-order valence-electron chi connectivity index (χ3n) is 3.75. The van der Waals surface area contributed by atoms with Gasteiger partial charge in [-0.05, 0) is 40.5 Å². The number of alkyl halides is 3. The summed E-state index contributed by atoms with van der Waals surface area (Å²) in [5.74, 6) is -0.494. The van der Waals surface area contributed by atoms with Crippen LogP contribution in [0.4, 0.5) is 19.0 Å². The van der Waals surface area contributed by atoms with Gasteiger partial charge >= 0.3 is 6.18 Å². The Bertz CT molecular complexity index is 1010. The smallest absolute Gasteiger partial charge is 0.307 e. The average molecular weight is 477 g/mol. The van der Waals surface area contributed by atoms with E-state index in [0.717, 1.165) is 11.6 Å². The normalized spacial score (nSPS) is 11.6. The van der Waals surface area contributed by atoms with Gasteiger partial charge in [-0.1, -0.05) is 29.8 Å². The van der Waals surface area contributed by atoms with Crippen molar-refractivity contribution in [3.63, 3.8) is 0 Å². The third-order valence-corrected chi connectivity index (χ3v) is 4.70. The van der Waals surface area contributed by atoms with Crippen LogP contribution in [-0.2, 0) is 24.1 Å². The fourth-order valence-corrected chi connectivity index (χ4v) is 3.18. The lowest BCUT2D eigenvalue weighted by Crippen LogP contribution is -2.24. The minimum atomic E-state index is -4.60. The zero-order valence-electron chi connectivity index (χ0n) is 14.5. The van der Waals surface area contributed by atoms with Crippen LogP contribution in [0.15, 0.2) is 41.0 Å². The molecule has 0 aliphatic carbocycles. The number of halogens is 5. The highest BCUT2D eigenvalue weighted by atomic mass is 79.9. The second kappa shape index (κ2) is 7.96. The second-order valence-corrected chi connectivity index (χ2v) is 7.25. The number of aromatic nitrogens is 4. The summed E-state index contributed by atoms with van der Waals surface area (Å²) in [7, 11) is 0. The summed E-state index contributed by atoms with van der Waals surface area (Å²) in [6.07, 6.45) is -2.96. The molecule has 0 fully saturated rings. The highest BCUT2D eigenvalue weighted by Crippen LogP contribution is 2.30. The third kappa shape index (κ3) is 4.74. The second-order valence-electron chi connectivity index (χ2n) is 5.99. The van der Waals surface area contributed by atoms with Crippen LogP contribution in [0.25, 0.3) is 0 Å². The molecule has 0 unspecified atom stereocenters. The van der Waals surface area contributed by atoms with Crippen LogP contribution in [0.3, 0.4) is 0 Å². The molecule has 11 heteroatoms. The zero-order valence-corrected chi connectivity index (χ0v) is 16.8. The summed E-state index contributed by atoms with van der Waals surface area (Å²) in [4.78, 5) is 12.2. The molecule has 0 atom stereocenters. The molecular formula is C17H14BrClF3N5O. The largest absolute Gasteiger partial charge is 0.433 e. The molecule has 1 amide bonds. The van der Waals surface area contributed by atoms with Crippen molar-refractivity contribution in [1.29, 1.82) is 0 Å². The van der Waals surface area contributed by atoms with Crippen molar-refractivity contribution in [2.75, 3.05) is 5.32 Å². The number of carbonyl (C=O) groups is 1. The van der Waals surface area contributed by atoms with E-state index in [1.165, 1.54) is 6.92 Å². The number of anilines is 1. The van der Waals surface area contributed by atoms with Gasteiger partial charge in [0, 0.05) is 11.2 Å². The van der Waals surface area contributed by atoms with Crippen LogP contribution in [-0.4, -0.2) is 25.5 Å². The van der Waals surface area contributed by atoms with E-state index in [9.17, 15) is 18.0 Å². The molecule has 3 rings (SSSR count). The number of nitrogens with one attached hydrogen (secondary N) is 1. The Labute approximate surface area is 171 Å². The molecule has 0 saturated heterocycles. The van der Waals surface area contributed by atoms with Crippen molar-refractivity contribution in [2.24, 2.45) is 0 Å². The standard InChI is InChI=1S/C17H14BrClF3N5O/c1-10-6-14(17(20,21)22)27(24-10)9-15(28)23-16-12(18)8-26(25-16)7-11-4-2-3-5-13(11)19/h2-6,8H,7,9H2,1H3,(H,23,25,28). The van der Waals surface area contributed by atoms with E-state index in [0.29, 0.717) is 20.7 Å². The average Bonchev–Trinajstić information content (AvgIpc) is 3.12. The lowest BCUT2D eigenvalue weighted by molar-refractivity contribution is -0.144. The molecule has 0 aliphatic rings. The maximum atomic E-state index is 13.0. The number of hydrogen-bond donors (Lipinski definition) is 1. The molecule has 1 N–H and O–H groups in total. The van der Waals surface area contributed by atoms with E-state index >= 15 is 0 Å². The lowest BCUT2D eigenvalue weighted by Gasteiger charge is -2.10. The highest BCUT2D eigenvalue weighted by Gasteiger charge is 2.35. The van der Waals surface area contributed by atoms with E-state index in [2.05, 4.69) is 31.4 Å². The molecule has 0 spiro atoms. The first-order chi connectivity index (χ1) is 13.1. The van der Waals surface area contributed by atoms with E-state index in [4.69, 9.17) is 11.6 Å². The molecule has 148 valence electrons. The summed E-state index contributed by atoms with van der Waals surface area (Å²) in [6.45, 7) is 1.20. The van der Waals surface area contributed by atoms with Gasteiger partial charge in [-0.25, -0.2) is 0 Å². The first-order valence-corrected chi connectivity index (χ1v) is 9.18. The Balaban J connectivity index is 1.72. The molecule has 0 saturated carbocycles. The number of amides is 1. The van der Waals surface area contributed by atoms with E-state index in [1.54, 1.807) is 16.9 Å². The van der Waals surface area contributed by atoms with E-state index in [-0.39, 0.29) is 11.5 Å². The molecule has 0 aliphatic heterocycles. The van der Waals surface area contributed by atoms with Crippen LogP contribution in [0, 0.1) is 6.92 Å². The van der Waals surface area contributed by atoms with Gasteiger partial charge in [0.2, 0.25) is 5.91 Å². The van der Waals surface area contributed by atoms with Crippen molar-refractivity contribution >= 4 is 39.3 Å². The van der Waals surface area contributed by atoms with Crippen molar-refractivity contribution < 1.29 is 18.0 Å². The van der Waals surface area contributed by atoms with Gasteiger partial charge in [-0.3, -0.25) is 14.2 Å². The van der Waals surface area contributed by atoms with Crippen LogP contribution in [0.1, 0.15) is 17.0 Å². The molecule has 3 aromatic rings. The quantitative estimate of drug-likeness (QED) is 0.589. The number of rotatable bonds is 5. The minimum Gasteiger partial charge on any atom is -0.307 e. The summed E-state index contributed by atoms with van der Waals surface area (Å²) in [5.41, 5.74) is 0.0210. The minimum absolute atomic E-state index is 0.172. The maximum Gasteiger partial charge on any atom is 0.433 e. The molecule has 28 heavy (non-hydrogen) atoms. The fraction of sp³-hybridized carbons (Fsp3) is 0.235. The summed E-state index contributed by atoms with van der Waals surface area (Å²) in [5, 5.41) is 11.0. The Morgan fingerprint density at radius 2 is 2.00 bits per heavy atom. The number of benzene rings is 1. The van der Waals surface area contributed by atoms with Crippen LogP contribution >= 0.6 is 27.5 Å². The van der Waals surface area contributed by atoms with Gasteiger partial charge in [0.25, 0.3) is 0 Å². The maximum absolute atomic E-state index is 13.0. The Hall–Kier alpha value is -2.33. The van der Waals surface area contributed by atoms with Crippen molar-refractivity contribution in [3.05, 3.63) is 63.0 Å². The summed E-state index contributed by atoms with van der Waals surface area (Å²) in [6, 6.07) is 8.13. The van der Waals surface area contributed by atoms with Crippen LogP contribution in [0.2, 0.25) is 5.02 Å². The van der Waals surface area contributed by atoms with Crippen LogP contribution < -0.4 is 5.32 Å². The lowest BCUT2D eigenvalue weighted by atomic mass is 10.2. The number of hydrogen-bond acceptors (Lipinski definition) is 3. The molecule has 0 radical (unpaired) electrons. The summed E-state index contributed by atoms with van der Waals surface area (Å²) < 4.78 is 41.7. The first kappa shape index (κ1) is 20.4. The zero-order chi connectivity index (χ0) is 20.5. The van der Waals surface area contributed by atoms with E-state index in [1.807, 2.05) is 18.2 Å². The van der Waals surface area contributed by atoms with Crippen molar-refractivity contribution in [3.8, 4) is 0 Å². The topological polar surface area (TPSA) is 64.7 Å². The van der Waals surface area contributed by atoms with E-state index < -0.39 is 24.3 Å². The molecule has 2 heterocycles. The molecule has 2 aromatic heterocycles. The summed E-state index contributed by atoms with van der Waals surface area (Å²) >= 11 is 9.40. The predicted molar refractivity (Wildman–Crippen MR) is 101 cm³/mol. The molecular weight excluding hydrogens is 463 g/mol. The van der Waals surface area contributed by atoms with Gasteiger partial charge in [0.1, 0.15) is 12.2 Å². The number of aryl methyl sites for hydroxylation is 1. The van der Waals surface area contributed by atoms with Gasteiger partial charge in [-0.2, -0.15) is 23.4 Å². The number of carbonyl (C=O) groups excluding carboxylic acids is 1. The SMILES string of the molecule is Cc1cc(C(F)(F)F)n(CC(=O)Nc2nn(Cc3ccccc3Cl)cc2Br)n1. The van der Waals surface area contributed by atoms with Gasteiger partial charge < -0.3 is 5.32 Å². The number of nitrogens with zero attached hydrogens (tertiary/aromatic N) is 4. The Kier molecular flexibility index (Phi) is 5.80. The molecule has 1 aromatic carbocycles. The Morgan fingerprint density at radius 3 is 2.68 bits per heavy atom. The fourth-order valence-electron chi connectivity index (χ4n) is 2.57. The van der Waals surface area contributed by atoms with Gasteiger partial charge in [-0.15, -0.1) is 0 Å². The first-order valence-electron chi connectivity index (χ1n) is 8.01. The molecule has 6 nitrogen and oxygen atoms in total. The van der Waals surface area contributed by atoms with Crippen molar-refractivity contribution in [1.82, 2.24) is 19.6 Å². The van der Waals surface area contributed by atoms with Gasteiger partial charge in [0.05, 0.1) is 16.7 Å². The van der Waals surface area contributed by atoms with Crippen LogP contribution in [0.5, 0.6) is 0 Å². The highest BCUT2D eigenvalue weighted by molar-refractivity contribution is 9.10. The Morgan fingerprint density at radius 1 is 1.29 bits per heavy atom. The molecule has 0 bridgehead atoms. The van der Waals surface area contributed by atoms with Crippen molar-refractivity contribution in [2.45, 2.75) is 26.2 Å². The van der Waals surface area contributed by atoms with Gasteiger partial charge in [0.15, 0.2) is 5.82 Å². The predicted octanol–water partition coefficient (Wildman–Crippen LogP) is 4.51.